The first-order chi connectivity index (χ1) is 8.11. The molecule has 1 saturated carbocycles. The van der Waals surface area contributed by atoms with Gasteiger partial charge in [-0.15, -0.1) is 0 Å². The van der Waals surface area contributed by atoms with Crippen molar-refractivity contribution in [1.82, 2.24) is 4.90 Å². The monoisotopic (exact) mass is 235 g/mol. The van der Waals surface area contributed by atoms with E-state index in [-0.39, 0.29) is 17.5 Å². The zero-order valence-electron chi connectivity index (χ0n) is 10.6. The van der Waals surface area contributed by atoms with Crippen LogP contribution in [0.25, 0.3) is 0 Å². The maximum atomic E-state index is 9.87. The van der Waals surface area contributed by atoms with Crippen LogP contribution in [0.1, 0.15) is 44.2 Å². The highest BCUT2D eigenvalue weighted by atomic mass is 16.3. The van der Waals surface area contributed by atoms with Crippen molar-refractivity contribution in [3.8, 4) is 11.5 Å². The van der Waals surface area contributed by atoms with Gasteiger partial charge in [0, 0.05) is 12.1 Å². The van der Waals surface area contributed by atoms with Crippen LogP contribution in [0.2, 0.25) is 0 Å². The second kappa shape index (κ2) is 4.96. The highest BCUT2D eigenvalue weighted by molar-refractivity contribution is 5.45. The number of hydrogen-bond acceptors (Lipinski definition) is 3. The van der Waals surface area contributed by atoms with Crippen LogP contribution in [-0.4, -0.2) is 28.2 Å². The average Bonchev–Trinajstić information content (AvgIpc) is 2.81. The summed E-state index contributed by atoms with van der Waals surface area (Å²) in [6.45, 7) is 2.03. The lowest BCUT2D eigenvalue weighted by Gasteiger charge is -2.31. The Balaban J connectivity index is 2.20. The highest BCUT2D eigenvalue weighted by Crippen LogP contribution is 2.37. The number of hydrogen-bond donors (Lipinski definition) is 2. The van der Waals surface area contributed by atoms with Gasteiger partial charge in [0.2, 0.25) is 0 Å². The van der Waals surface area contributed by atoms with Gasteiger partial charge in [-0.3, -0.25) is 4.90 Å². The minimum Gasteiger partial charge on any atom is -0.507 e. The lowest BCUT2D eigenvalue weighted by Crippen LogP contribution is -2.31. The van der Waals surface area contributed by atoms with E-state index in [0.29, 0.717) is 11.6 Å². The second-order valence-electron chi connectivity index (χ2n) is 4.99. The molecule has 1 fully saturated rings. The predicted molar refractivity (Wildman–Crippen MR) is 68.2 cm³/mol. The summed E-state index contributed by atoms with van der Waals surface area (Å²) in [5, 5.41) is 19.7. The number of aromatic hydroxyl groups is 2. The van der Waals surface area contributed by atoms with E-state index in [0.717, 1.165) is 0 Å². The van der Waals surface area contributed by atoms with Crippen LogP contribution in [0.4, 0.5) is 0 Å². The van der Waals surface area contributed by atoms with Crippen molar-refractivity contribution >= 4 is 0 Å². The second-order valence-corrected chi connectivity index (χ2v) is 4.99. The molecule has 1 unspecified atom stereocenters. The molecule has 1 aromatic carbocycles. The Morgan fingerprint density at radius 2 is 1.71 bits per heavy atom. The summed E-state index contributed by atoms with van der Waals surface area (Å²) in [6, 6.07) is 5.54. The fourth-order valence-electron chi connectivity index (χ4n) is 2.80. The first-order valence-electron chi connectivity index (χ1n) is 6.34. The highest BCUT2D eigenvalue weighted by Gasteiger charge is 2.26. The van der Waals surface area contributed by atoms with Crippen molar-refractivity contribution < 1.29 is 10.2 Å². The van der Waals surface area contributed by atoms with Crippen LogP contribution in [0.15, 0.2) is 18.2 Å². The molecule has 1 aliphatic carbocycles. The van der Waals surface area contributed by atoms with Crippen LogP contribution in [0.3, 0.4) is 0 Å². The van der Waals surface area contributed by atoms with Gasteiger partial charge in [0.25, 0.3) is 0 Å². The lowest BCUT2D eigenvalue weighted by atomic mass is 10.0. The van der Waals surface area contributed by atoms with E-state index in [4.69, 9.17) is 0 Å². The van der Waals surface area contributed by atoms with E-state index < -0.39 is 0 Å². The minimum atomic E-state index is 0.0410. The molecule has 0 radical (unpaired) electrons. The molecule has 0 spiro atoms. The number of phenols is 2. The van der Waals surface area contributed by atoms with Gasteiger partial charge in [0.15, 0.2) is 0 Å². The summed E-state index contributed by atoms with van der Waals surface area (Å²) >= 11 is 0. The Bertz CT molecular complexity index is 366. The molecular formula is C14H21NO2. The number of nitrogens with zero attached hydrogens (tertiary/aromatic N) is 1. The number of benzene rings is 1. The fourth-order valence-corrected chi connectivity index (χ4v) is 2.80. The Morgan fingerprint density at radius 3 is 2.24 bits per heavy atom. The van der Waals surface area contributed by atoms with Gasteiger partial charge < -0.3 is 10.2 Å². The fraction of sp³-hybridized carbons (Fsp3) is 0.571. The summed E-state index contributed by atoms with van der Waals surface area (Å²) in [6.07, 6.45) is 5.01. The normalized spacial score (nSPS) is 18.8. The van der Waals surface area contributed by atoms with Gasteiger partial charge >= 0.3 is 0 Å². The maximum Gasteiger partial charge on any atom is 0.124 e. The summed E-state index contributed by atoms with van der Waals surface area (Å²) in [4.78, 5) is 2.27. The Kier molecular flexibility index (Phi) is 3.57. The van der Waals surface area contributed by atoms with Crippen LogP contribution in [0.5, 0.6) is 11.5 Å². The number of rotatable bonds is 3. The molecule has 0 heterocycles. The van der Waals surface area contributed by atoms with Gasteiger partial charge in [0.05, 0.1) is 5.56 Å². The van der Waals surface area contributed by atoms with Gasteiger partial charge in [-0.1, -0.05) is 18.9 Å². The van der Waals surface area contributed by atoms with Crippen molar-refractivity contribution in [3.63, 3.8) is 0 Å². The van der Waals surface area contributed by atoms with E-state index in [2.05, 4.69) is 11.9 Å². The summed E-state index contributed by atoms with van der Waals surface area (Å²) < 4.78 is 0. The zero-order valence-corrected chi connectivity index (χ0v) is 10.6. The first kappa shape index (κ1) is 12.2. The Labute approximate surface area is 103 Å². The lowest BCUT2D eigenvalue weighted by molar-refractivity contribution is 0.182. The standard InChI is InChI=1S/C14H21NO2/c1-10(15(2)11-6-3-4-7-11)14-12(16)8-5-9-13(14)17/h5,8-11,16-17H,3-4,6-7H2,1-2H3. The predicted octanol–water partition coefficient (Wildman–Crippen LogP) is 3.03. The summed E-state index contributed by atoms with van der Waals surface area (Å²) in [5.74, 6) is 0.365. The first-order valence-corrected chi connectivity index (χ1v) is 6.34. The van der Waals surface area contributed by atoms with E-state index in [1.54, 1.807) is 18.2 Å². The van der Waals surface area contributed by atoms with Gasteiger partial charge in [-0.05, 0) is 38.9 Å². The van der Waals surface area contributed by atoms with Crippen molar-refractivity contribution in [3.05, 3.63) is 23.8 Å². The quantitative estimate of drug-likeness (QED) is 0.846. The topological polar surface area (TPSA) is 43.7 Å². The molecule has 0 amide bonds. The molecule has 17 heavy (non-hydrogen) atoms. The molecule has 2 N–H and O–H groups in total. The van der Waals surface area contributed by atoms with Crippen LogP contribution in [-0.2, 0) is 0 Å². The molecule has 0 aromatic heterocycles. The third-order valence-corrected chi connectivity index (χ3v) is 3.99. The van der Waals surface area contributed by atoms with Crippen molar-refractivity contribution in [2.75, 3.05) is 7.05 Å². The molecule has 3 nitrogen and oxygen atoms in total. The van der Waals surface area contributed by atoms with Gasteiger partial charge in [0.1, 0.15) is 11.5 Å². The molecule has 0 saturated heterocycles. The Morgan fingerprint density at radius 1 is 1.18 bits per heavy atom. The van der Waals surface area contributed by atoms with E-state index >= 15 is 0 Å². The molecule has 1 aliphatic rings. The molecule has 0 aliphatic heterocycles. The van der Waals surface area contributed by atoms with Crippen molar-refractivity contribution in [1.29, 1.82) is 0 Å². The van der Waals surface area contributed by atoms with Gasteiger partial charge in [-0.25, -0.2) is 0 Å². The van der Waals surface area contributed by atoms with E-state index in [1.807, 2.05) is 6.92 Å². The van der Waals surface area contributed by atoms with E-state index in [1.165, 1.54) is 25.7 Å². The SMILES string of the molecule is CC(c1c(O)cccc1O)N(C)C1CCCC1. The van der Waals surface area contributed by atoms with Crippen LogP contribution >= 0.6 is 0 Å². The summed E-state index contributed by atoms with van der Waals surface area (Å²) in [5.41, 5.74) is 0.641. The van der Waals surface area contributed by atoms with Crippen LogP contribution in [0, 0.1) is 0 Å². The molecule has 1 aromatic rings. The summed E-state index contributed by atoms with van der Waals surface area (Å²) in [7, 11) is 2.08. The Hall–Kier alpha value is -1.22. The van der Waals surface area contributed by atoms with Crippen molar-refractivity contribution in [2.24, 2.45) is 0 Å². The molecule has 3 heteroatoms. The molecule has 1 atom stereocenters. The molecule has 94 valence electrons. The smallest absolute Gasteiger partial charge is 0.124 e. The maximum absolute atomic E-state index is 9.87. The van der Waals surface area contributed by atoms with Gasteiger partial charge in [-0.2, -0.15) is 0 Å². The van der Waals surface area contributed by atoms with Crippen LogP contribution < -0.4 is 0 Å². The average molecular weight is 235 g/mol. The molecule has 2 rings (SSSR count). The van der Waals surface area contributed by atoms with E-state index in [9.17, 15) is 10.2 Å². The largest absolute Gasteiger partial charge is 0.507 e. The number of phenolic OH excluding ortho intramolecular Hbond substituents is 2. The zero-order chi connectivity index (χ0) is 12.4. The third-order valence-electron chi connectivity index (χ3n) is 3.99. The third kappa shape index (κ3) is 2.39. The van der Waals surface area contributed by atoms with Crippen molar-refractivity contribution in [2.45, 2.75) is 44.7 Å². The minimum absolute atomic E-state index is 0.0410. The molecular weight excluding hydrogens is 214 g/mol. The molecule has 0 bridgehead atoms.